The molecular weight excluding hydrogens is 258 g/mol. The molecule has 0 bridgehead atoms. The zero-order valence-electron chi connectivity index (χ0n) is 9.83. The monoisotopic (exact) mass is 273 g/mol. The summed E-state index contributed by atoms with van der Waals surface area (Å²) < 4.78 is 31.5. The number of hydrogen-bond donors (Lipinski definition) is 3. The van der Waals surface area contributed by atoms with Gasteiger partial charge < -0.3 is 4.74 Å². The molecule has 18 heavy (non-hydrogen) atoms. The normalized spacial score (nSPS) is 23.4. The van der Waals surface area contributed by atoms with Crippen LogP contribution in [0.25, 0.3) is 0 Å². The van der Waals surface area contributed by atoms with Crippen molar-refractivity contribution < 1.29 is 13.2 Å². The van der Waals surface area contributed by atoms with Gasteiger partial charge in [0.1, 0.15) is 4.90 Å². The minimum Gasteiger partial charge on any atom is -0.381 e. The molecule has 1 fully saturated rings. The lowest BCUT2D eigenvalue weighted by Gasteiger charge is -2.34. The summed E-state index contributed by atoms with van der Waals surface area (Å²) in [6.45, 7) is 0. The van der Waals surface area contributed by atoms with Crippen LogP contribution in [0, 0.1) is 0 Å². The number of nitrogens with one attached hydrogen (secondary N) is 2. The number of hydrogen-bond acceptors (Lipinski definition) is 7. The molecule has 0 radical (unpaired) electrons. The van der Waals surface area contributed by atoms with Crippen LogP contribution >= 0.6 is 0 Å². The molecule has 1 aromatic rings. The Bertz CT molecular complexity index is 497. The van der Waals surface area contributed by atoms with Gasteiger partial charge in [0, 0.05) is 13.2 Å². The van der Waals surface area contributed by atoms with Crippen molar-refractivity contribution in [3.8, 4) is 0 Å². The first-order valence-electron chi connectivity index (χ1n) is 5.39. The number of methoxy groups -OCH3 is 1. The van der Waals surface area contributed by atoms with Crippen LogP contribution in [0.5, 0.6) is 0 Å². The molecule has 8 nitrogen and oxygen atoms in total. The standard InChI is InChI=1S/C9H15N5O3S/c1-17-7-2-6(3-7)14-18(15,16)8-4-11-9(13-10)12-5-8/h4-7,14H,2-3,10H2,1H3,(H,11,12,13). The summed E-state index contributed by atoms with van der Waals surface area (Å²) in [6.07, 6.45) is 3.91. The van der Waals surface area contributed by atoms with Crippen molar-refractivity contribution in [3.05, 3.63) is 12.4 Å². The highest BCUT2D eigenvalue weighted by Crippen LogP contribution is 2.24. The first-order chi connectivity index (χ1) is 8.55. The van der Waals surface area contributed by atoms with Crippen molar-refractivity contribution >= 4 is 16.0 Å². The number of ether oxygens (including phenoxy) is 1. The van der Waals surface area contributed by atoms with E-state index in [0.29, 0.717) is 12.8 Å². The maximum atomic E-state index is 11.9. The summed E-state index contributed by atoms with van der Waals surface area (Å²) in [4.78, 5) is 7.53. The lowest BCUT2D eigenvalue weighted by molar-refractivity contribution is 0.0236. The zero-order chi connectivity index (χ0) is 13.2. The summed E-state index contributed by atoms with van der Waals surface area (Å²) in [5, 5.41) is 0. The van der Waals surface area contributed by atoms with E-state index in [1.807, 2.05) is 0 Å². The summed E-state index contributed by atoms with van der Waals surface area (Å²) >= 11 is 0. The van der Waals surface area contributed by atoms with Gasteiger partial charge in [0.2, 0.25) is 16.0 Å². The van der Waals surface area contributed by atoms with Gasteiger partial charge in [-0.05, 0) is 12.8 Å². The van der Waals surface area contributed by atoms with Crippen LogP contribution in [0.3, 0.4) is 0 Å². The number of nitrogen functional groups attached to an aromatic ring is 1. The van der Waals surface area contributed by atoms with E-state index < -0.39 is 10.0 Å². The molecule has 1 aromatic heterocycles. The highest BCUT2D eigenvalue weighted by molar-refractivity contribution is 7.89. The van der Waals surface area contributed by atoms with E-state index >= 15 is 0 Å². The van der Waals surface area contributed by atoms with E-state index in [1.165, 1.54) is 12.4 Å². The quantitative estimate of drug-likeness (QED) is 0.475. The van der Waals surface area contributed by atoms with Crippen LogP contribution in [0.1, 0.15) is 12.8 Å². The Morgan fingerprint density at radius 1 is 1.39 bits per heavy atom. The third-order valence-corrected chi connectivity index (χ3v) is 4.29. The van der Waals surface area contributed by atoms with E-state index in [9.17, 15) is 8.42 Å². The highest BCUT2D eigenvalue weighted by Gasteiger charge is 2.32. The molecule has 0 spiro atoms. The molecule has 0 amide bonds. The lowest BCUT2D eigenvalue weighted by atomic mass is 9.90. The molecule has 0 aliphatic heterocycles. The topological polar surface area (TPSA) is 119 Å². The third kappa shape index (κ3) is 2.75. The molecule has 0 aromatic carbocycles. The van der Waals surface area contributed by atoms with E-state index in [2.05, 4.69) is 20.1 Å². The fraction of sp³-hybridized carbons (Fsp3) is 0.556. The first-order valence-corrected chi connectivity index (χ1v) is 6.87. The Balaban J connectivity index is 2.02. The molecule has 1 heterocycles. The molecule has 4 N–H and O–H groups in total. The molecule has 0 atom stereocenters. The smallest absolute Gasteiger partial charge is 0.243 e. The molecule has 1 aliphatic rings. The number of rotatable bonds is 5. The number of sulfonamides is 1. The van der Waals surface area contributed by atoms with E-state index in [-0.39, 0.29) is 23.0 Å². The predicted octanol–water partition coefficient (Wildman–Crippen LogP) is -0.782. The van der Waals surface area contributed by atoms with Gasteiger partial charge in [-0.2, -0.15) is 0 Å². The van der Waals surface area contributed by atoms with Crippen LogP contribution in [0.4, 0.5) is 5.95 Å². The van der Waals surface area contributed by atoms with Gasteiger partial charge in [0.05, 0.1) is 18.5 Å². The molecule has 1 saturated carbocycles. The fourth-order valence-electron chi connectivity index (χ4n) is 1.67. The Morgan fingerprint density at radius 3 is 2.50 bits per heavy atom. The van der Waals surface area contributed by atoms with Gasteiger partial charge >= 0.3 is 0 Å². The lowest BCUT2D eigenvalue weighted by Crippen LogP contribution is -2.47. The van der Waals surface area contributed by atoms with E-state index in [0.717, 1.165) is 0 Å². The second-order valence-electron chi connectivity index (χ2n) is 4.03. The summed E-state index contributed by atoms with van der Waals surface area (Å²) in [5.74, 6) is 5.26. The average molecular weight is 273 g/mol. The van der Waals surface area contributed by atoms with Crippen LogP contribution < -0.4 is 16.0 Å². The van der Waals surface area contributed by atoms with Crippen molar-refractivity contribution in [2.75, 3.05) is 12.5 Å². The SMILES string of the molecule is COC1CC(NS(=O)(=O)c2cnc(NN)nc2)C1. The Hall–Kier alpha value is -1.29. The second kappa shape index (κ2) is 5.14. The zero-order valence-corrected chi connectivity index (χ0v) is 10.6. The molecule has 0 unspecified atom stereocenters. The van der Waals surface area contributed by atoms with Crippen molar-refractivity contribution in [2.45, 2.75) is 29.9 Å². The minimum absolute atomic E-state index is 0.0161. The van der Waals surface area contributed by atoms with Crippen molar-refractivity contribution in [1.29, 1.82) is 0 Å². The minimum atomic E-state index is -3.58. The Kier molecular flexibility index (Phi) is 3.76. The van der Waals surface area contributed by atoms with Gasteiger partial charge in [-0.3, -0.25) is 5.43 Å². The average Bonchev–Trinajstić information content (AvgIpc) is 2.33. The van der Waals surface area contributed by atoms with Gasteiger partial charge in [-0.1, -0.05) is 0 Å². The molecule has 9 heteroatoms. The van der Waals surface area contributed by atoms with Gasteiger partial charge in [-0.25, -0.2) is 29.0 Å². The van der Waals surface area contributed by atoms with Gasteiger partial charge in [0.15, 0.2) is 0 Å². The van der Waals surface area contributed by atoms with Crippen molar-refractivity contribution in [1.82, 2.24) is 14.7 Å². The van der Waals surface area contributed by atoms with Crippen LogP contribution in [0.2, 0.25) is 0 Å². The molecular formula is C9H15N5O3S. The largest absolute Gasteiger partial charge is 0.381 e. The third-order valence-electron chi connectivity index (χ3n) is 2.82. The van der Waals surface area contributed by atoms with Crippen LogP contribution in [-0.4, -0.2) is 37.6 Å². The van der Waals surface area contributed by atoms with E-state index in [4.69, 9.17) is 10.6 Å². The van der Waals surface area contributed by atoms with Crippen molar-refractivity contribution in [3.63, 3.8) is 0 Å². The number of nitrogens with zero attached hydrogens (tertiary/aromatic N) is 2. The molecule has 100 valence electrons. The predicted molar refractivity (Wildman–Crippen MR) is 64.0 cm³/mol. The highest BCUT2D eigenvalue weighted by atomic mass is 32.2. The van der Waals surface area contributed by atoms with Crippen LogP contribution in [-0.2, 0) is 14.8 Å². The Labute approximate surface area is 105 Å². The first kappa shape index (κ1) is 13.1. The van der Waals surface area contributed by atoms with Gasteiger partial charge in [0.25, 0.3) is 0 Å². The maximum Gasteiger partial charge on any atom is 0.243 e. The van der Waals surface area contributed by atoms with Gasteiger partial charge in [-0.15, -0.1) is 0 Å². The van der Waals surface area contributed by atoms with Crippen molar-refractivity contribution in [2.24, 2.45) is 5.84 Å². The fourth-order valence-corrected chi connectivity index (χ4v) is 2.82. The molecule has 1 aliphatic carbocycles. The number of anilines is 1. The second-order valence-corrected chi connectivity index (χ2v) is 5.75. The molecule has 2 rings (SSSR count). The summed E-state index contributed by atoms with van der Waals surface area (Å²) in [5.41, 5.74) is 2.23. The summed E-state index contributed by atoms with van der Waals surface area (Å²) in [6, 6.07) is -0.0905. The summed E-state index contributed by atoms with van der Waals surface area (Å²) in [7, 11) is -1.96. The van der Waals surface area contributed by atoms with E-state index in [1.54, 1.807) is 7.11 Å². The number of hydrazine groups is 1. The number of nitrogens with two attached hydrogens (primary N) is 1. The number of aromatic nitrogens is 2. The molecule has 0 saturated heterocycles. The maximum absolute atomic E-state index is 11.9. The Morgan fingerprint density at radius 2 is 2.00 bits per heavy atom. The van der Waals surface area contributed by atoms with Crippen LogP contribution in [0.15, 0.2) is 17.3 Å².